The van der Waals surface area contributed by atoms with Gasteiger partial charge in [-0.1, -0.05) is 23.2 Å². The molecular weight excluding hydrogens is 207 g/mol. The van der Waals surface area contributed by atoms with Gasteiger partial charge in [0.2, 0.25) is 0 Å². The van der Waals surface area contributed by atoms with Gasteiger partial charge in [0.1, 0.15) is 5.66 Å². The van der Waals surface area contributed by atoms with E-state index < -0.39 is 0 Å². The van der Waals surface area contributed by atoms with Gasteiger partial charge in [-0.2, -0.15) is 0 Å². The van der Waals surface area contributed by atoms with Gasteiger partial charge in [0.05, 0.1) is 21.4 Å². The molecule has 0 aromatic heterocycles. The zero-order valence-corrected chi connectivity index (χ0v) is 8.34. The molecule has 0 bridgehead atoms. The largest absolute Gasteiger partial charge is 0.361 e. The molecule has 1 spiro atoms. The Morgan fingerprint density at radius 2 is 1.46 bits per heavy atom. The second-order valence-electron chi connectivity index (χ2n) is 3.64. The molecule has 0 unspecified atom stereocenters. The highest BCUT2D eigenvalue weighted by molar-refractivity contribution is 6.42. The smallest absolute Gasteiger partial charge is 0.108 e. The average molecular weight is 215 g/mol. The van der Waals surface area contributed by atoms with E-state index in [-0.39, 0.29) is 5.66 Å². The van der Waals surface area contributed by atoms with E-state index in [9.17, 15) is 0 Å². The van der Waals surface area contributed by atoms with E-state index >= 15 is 0 Å². The summed E-state index contributed by atoms with van der Waals surface area (Å²) in [6, 6.07) is 3.75. The molecule has 2 aliphatic rings. The Morgan fingerprint density at radius 1 is 1.00 bits per heavy atom. The van der Waals surface area contributed by atoms with E-state index in [2.05, 4.69) is 10.6 Å². The molecule has 4 heteroatoms. The molecule has 0 saturated heterocycles. The molecule has 13 heavy (non-hydrogen) atoms. The lowest BCUT2D eigenvalue weighted by molar-refractivity contribution is 0.885. The predicted octanol–water partition coefficient (Wildman–Crippen LogP) is 3.32. The standard InChI is InChI=1S/C9H8Cl2N2/c10-5-3-7-8(4-6(5)11)13-9(12-7)1-2-9/h3-4,12-13H,1-2H2. The van der Waals surface area contributed by atoms with Gasteiger partial charge in [-0.25, -0.2) is 0 Å². The summed E-state index contributed by atoms with van der Waals surface area (Å²) in [6.45, 7) is 0. The lowest BCUT2D eigenvalue weighted by Crippen LogP contribution is -2.23. The number of fused-ring (bicyclic) bond motifs is 1. The van der Waals surface area contributed by atoms with Gasteiger partial charge in [0, 0.05) is 0 Å². The Labute approximate surface area is 86.2 Å². The number of nitrogens with one attached hydrogen (secondary N) is 2. The summed E-state index contributed by atoms with van der Waals surface area (Å²) in [5.74, 6) is 0. The quantitative estimate of drug-likeness (QED) is 0.693. The zero-order chi connectivity index (χ0) is 9.05. The van der Waals surface area contributed by atoms with E-state index in [1.165, 1.54) is 0 Å². The molecule has 2 nitrogen and oxygen atoms in total. The van der Waals surface area contributed by atoms with Crippen molar-refractivity contribution in [3.05, 3.63) is 22.2 Å². The molecule has 1 heterocycles. The summed E-state index contributed by atoms with van der Waals surface area (Å²) in [4.78, 5) is 0. The maximum atomic E-state index is 5.91. The minimum atomic E-state index is 0.121. The summed E-state index contributed by atoms with van der Waals surface area (Å²) in [6.07, 6.45) is 2.33. The third-order valence-electron chi connectivity index (χ3n) is 2.56. The van der Waals surface area contributed by atoms with E-state index in [0.717, 1.165) is 24.2 Å². The van der Waals surface area contributed by atoms with Crippen molar-refractivity contribution in [2.24, 2.45) is 0 Å². The molecule has 1 aliphatic carbocycles. The molecule has 1 aromatic rings. The first-order valence-electron chi connectivity index (χ1n) is 4.24. The molecule has 0 atom stereocenters. The highest BCUT2D eigenvalue weighted by Crippen LogP contribution is 2.49. The number of hydrogen-bond acceptors (Lipinski definition) is 2. The van der Waals surface area contributed by atoms with Crippen molar-refractivity contribution in [2.75, 3.05) is 10.6 Å². The lowest BCUT2D eigenvalue weighted by Gasteiger charge is -2.06. The fraction of sp³-hybridized carbons (Fsp3) is 0.333. The van der Waals surface area contributed by atoms with Gasteiger partial charge >= 0.3 is 0 Å². The van der Waals surface area contributed by atoms with Crippen molar-refractivity contribution in [3.63, 3.8) is 0 Å². The summed E-state index contributed by atoms with van der Waals surface area (Å²) < 4.78 is 0. The summed E-state index contributed by atoms with van der Waals surface area (Å²) in [5, 5.41) is 8.01. The van der Waals surface area contributed by atoms with E-state index in [1.807, 2.05) is 12.1 Å². The minimum absolute atomic E-state index is 0.121. The van der Waals surface area contributed by atoms with Crippen molar-refractivity contribution in [2.45, 2.75) is 18.5 Å². The van der Waals surface area contributed by atoms with Gasteiger partial charge in [-0.15, -0.1) is 0 Å². The van der Waals surface area contributed by atoms with Crippen molar-refractivity contribution in [1.29, 1.82) is 0 Å². The van der Waals surface area contributed by atoms with Gasteiger partial charge in [0.25, 0.3) is 0 Å². The third-order valence-corrected chi connectivity index (χ3v) is 3.28. The van der Waals surface area contributed by atoms with Gasteiger partial charge in [0.15, 0.2) is 0 Å². The van der Waals surface area contributed by atoms with Crippen molar-refractivity contribution in [1.82, 2.24) is 0 Å². The number of rotatable bonds is 0. The fourth-order valence-corrected chi connectivity index (χ4v) is 2.00. The molecule has 1 saturated carbocycles. The average Bonchev–Trinajstić information content (AvgIpc) is 2.70. The van der Waals surface area contributed by atoms with Crippen LogP contribution in [0.3, 0.4) is 0 Å². The highest BCUT2D eigenvalue weighted by Gasteiger charge is 2.47. The van der Waals surface area contributed by atoms with E-state index in [0.29, 0.717) is 10.0 Å². The van der Waals surface area contributed by atoms with Crippen LogP contribution in [0.1, 0.15) is 12.8 Å². The number of anilines is 2. The van der Waals surface area contributed by atoms with Crippen molar-refractivity contribution in [3.8, 4) is 0 Å². The normalized spacial score (nSPS) is 20.8. The third kappa shape index (κ3) is 1.09. The zero-order valence-electron chi connectivity index (χ0n) is 6.82. The molecule has 1 aliphatic heterocycles. The van der Waals surface area contributed by atoms with Crippen LogP contribution in [0, 0.1) is 0 Å². The van der Waals surface area contributed by atoms with Crippen LogP contribution >= 0.6 is 23.2 Å². The minimum Gasteiger partial charge on any atom is -0.361 e. The first-order chi connectivity index (χ1) is 6.19. The van der Waals surface area contributed by atoms with Crippen LogP contribution in [0.15, 0.2) is 12.1 Å². The first-order valence-corrected chi connectivity index (χ1v) is 5.00. The molecule has 0 radical (unpaired) electrons. The molecule has 1 aromatic carbocycles. The maximum Gasteiger partial charge on any atom is 0.108 e. The number of halogens is 2. The Bertz CT molecular complexity index is 352. The maximum absolute atomic E-state index is 5.91. The summed E-state index contributed by atoms with van der Waals surface area (Å²) >= 11 is 11.8. The van der Waals surface area contributed by atoms with Gasteiger partial charge in [-0.05, 0) is 25.0 Å². The Morgan fingerprint density at radius 3 is 1.85 bits per heavy atom. The highest BCUT2D eigenvalue weighted by atomic mass is 35.5. The lowest BCUT2D eigenvalue weighted by atomic mass is 10.3. The van der Waals surface area contributed by atoms with Crippen LogP contribution in [-0.4, -0.2) is 5.66 Å². The summed E-state index contributed by atoms with van der Waals surface area (Å²) in [7, 11) is 0. The van der Waals surface area contributed by atoms with Crippen LogP contribution in [0.4, 0.5) is 11.4 Å². The van der Waals surface area contributed by atoms with Crippen LogP contribution in [0.25, 0.3) is 0 Å². The van der Waals surface area contributed by atoms with E-state index in [4.69, 9.17) is 23.2 Å². The van der Waals surface area contributed by atoms with E-state index in [1.54, 1.807) is 0 Å². The fourth-order valence-electron chi connectivity index (χ4n) is 1.68. The topological polar surface area (TPSA) is 24.1 Å². The summed E-state index contributed by atoms with van der Waals surface area (Å²) in [5.41, 5.74) is 2.25. The SMILES string of the molecule is Clc1cc2c(cc1Cl)NC1(CC1)N2. The molecule has 0 amide bonds. The Balaban J connectivity index is 2.09. The first kappa shape index (κ1) is 7.77. The van der Waals surface area contributed by atoms with Crippen LogP contribution < -0.4 is 10.6 Å². The predicted molar refractivity (Wildman–Crippen MR) is 55.7 cm³/mol. The van der Waals surface area contributed by atoms with Gasteiger partial charge in [-0.3, -0.25) is 0 Å². The molecular formula is C9H8Cl2N2. The molecule has 68 valence electrons. The van der Waals surface area contributed by atoms with Crippen molar-refractivity contribution < 1.29 is 0 Å². The number of benzene rings is 1. The van der Waals surface area contributed by atoms with Crippen LogP contribution in [0.2, 0.25) is 10.0 Å². The van der Waals surface area contributed by atoms with Crippen LogP contribution in [-0.2, 0) is 0 Å². The number of hydrogen-bond donors (Lipinski definition) is 2. The van der Waals surface area contributed by atoms with Crippen molar-refractivity contribution >= 4 is 34.6 Å². The monoisotopic (exact) mass is 214 g/mol. The Kier molecular flexibility index (Phi) is 1.35. The van der Waals surface area contributed by atoms with Crippen LogP contribution in [0.5, 0.6) is 0 Å². The molecule has 3 rings (SSSR count). The second kappa shape index (κ2) is 2.25. The second-order valence-corrected chi connectivity index (χ2v) is 4.46. The molecule has 2 N–H and O–H groups in total. The van der Waals surface area contributed by atoms with Gasteiger partial charge < -0.3 is 10.6 Å². The molecule has 1 fully saturated rings. The Hall–Kier alpha value is -0.600.